The molecule has 2 aromatic carbocycles. The van der Waals surface area contributed by atoms with E-state index < -0.39 is 5.91 Å². The quantitative estimate of drug-likeness (QED) is 0.433. The molecular formula is C21H17N3O4. The van der Waals surface area contributed by atoms with Crippen LogP contribution in [0.2, 0.25) is 0 Å². The van der Waals surface area contributed by atoms with E-state index in [1.54, 1.807) is 48.8 Å². The van der Waals surface area contributed by atoms with Crippen LogP contribution in [0, 0.1) is 0 Å². The number of nitrogens with zero attached hydrogens (tertiary/aromatic N) is 1. The van der Waals surface area contributed by atoms with Gasteiger partial charge in [-0.2, -0.15) is 0 Å². The third-order valence-corrected chi connectivity index (χ3v) is 4.44. The number of H-pyrrole nitrogens is 1. The zero-order valence-electron chi connectivity index (χ0n) is 14.9. The van der Waals surface area contributed by atoms with Crippen molar-refractivity contribution < 1.29 is 19.7 Å². The lowest BCUT2D eigenvalue weighted by Gasteiger charge is -2.08. The van der Waals surface area contributed by atoms with Crippen LogP contribution in [0.5, 0.6) is 17.2 Å². The Bertz CT molecular complexity index is 1180. The first-order valence-electron chi connectivity index (χ1n) is 8.50. The molecule has 0 atom stereocenters. The molecule has 0 radical (unpaired) electrons. The number of amides is 1. The number of hydrogen-bond donors (Lipinski definition) is 4. The molecule has 0 bridgehead atoms. The minimum atomic E-state index is -0.421. The van der Waals surface area contributed by atoms with Crippen molar-refractivity contribution in [1.29, 1.82) is 0 Å². The lowest BCUT2D eigenvalue weighted by molar-refractivity contribution is 0.102. The Labute approximate surface area is 160 Å². The summed E-state index contributed by atoms with van der Waals surface area (Å²) in [4.78, 5) is 19.9. The van der Waals surface area contributed by atoms with Crippen molar-refractivity contribution in [2.24, 2.45) is 0 Å². The fourth-order valence-corrected chi connectivity index (χ4v) is 2.98. The zero-order valence-corrected chi connectivity index (χ0v) is 14.9. The summed E-state index contributed by atoms with van der Waals surface area (Å²) >= 11 is 0. The standard InChI is InChI=1S/C21H17N3O4/c1-28-19-9-12(6-7-18(19)26)13-8-15-16(11-23-20(15)22-10-13)24-21(27)14-4-2-3-5-17(14)25/h2-11,25-26H,1H3,(H,22,23)(H,24,27). The fraction of sp³-hybridized carbons (Fsp3) is 0.0476. The highest BCUT2D eigenvalue weighted by molar-refractivity contribution is 6.10. The summed E-state index contributed by atoms with van der Waals surface area (Å²) in [5, 5.41) is 23.2. The second kappa shape index (κ2) is 6.96. The predicted octanol–water partition coefficient (Wildman–Crippen LogP) is 3.90. The number of pyridine rings is 1. The van der Waals surface area contributed by atoms with Crippen molar-refractivity contribution >= 4 is 22.6 Å². The van der Waals surface area contributed by atoms with Gasteiger partial charge in [0.15, 0.2) is 11.5 Å². The zero-order chi connectivity index (χ0) is 19.7. The Morgan fingerprint density at radius 1 is 1.07 bits per heavy atom. The van der Waals surface area contributed by atoms with Crippen molar-refractivity contribution in [2.75, 3.05) is 12.4 Å². The number of fused-ring (bicyclic) bond motifs is 1. The number of anilines is 1. The number of rotatable bonds is 4. The van der Waals surface area contributed by atoms with E-state index in [9.17, 15) is 15.0 Å². The van der Waals surface area contributed by atoms with Crippen molar-refractivity contribution in [3.8, 4) is 28.4 Å². The minimum Gasteiger partial charge on any atom is -0.507 e. The molecule has 7 nitrogen and oxygen atoms in total. The monoisotopic (exact) mass is 375 g/mol. The maximum absolute atomic E-state index is 12.5. The molecule has 0 saturated heterocycles. The highest BCUT2D eigenvalue weighted by Gasteiger charge is 2.14. The van der Waals surface area contributed by atoms with Gasteiger partial charge in [-0.1, -0.05) is 18.2 Å². The Kier molecular flexibility index (Phi) is 4.33. The Morgan fingerprint density at radius 3 is 2.68 bits per heavy atom. The highest BCUT2D eigenvalue weighted by Crippen LogP contribution is 2.33. The van der Waals surface area contributed by atoms with E-state index in [-0.39, 0.29) is 17.1 Å². The van der Waals surface area contributed by atoms with Gasteiger partial charge in [0.25, 0.3) is 5.91 Å². The van der Waals surface area contributed by atoms with Gasteiger partial charge in [0.2, 0.25) is 0 Å². The average molecular weight is 375 g/mol. The lowest BCUT2D eigenvalue weighted by atomic mass is 10.1. The molecule has 0 saturated carbocycles. The Balaban J connectivity index is 1.71. The number of benzene rings is 2. The number of ether oxygens (including phenoxy) is 1. The Morgan fingerprint density at radius 2 is 1.89 bits per heavy atom. The van der Waals surface area contributed by atoms with Crippen LogP contribution in [0.15, 0.2) is 60.9 Å². The van der Waals surface area contributed by atoms with Gasteiger partial charge in [-0.05, 0) is 35.9 Å². The highest BCUT2D eigenvalue weighted by atomic mass is 16.5. The number of hydrogen-bond acceptors (Lipinski definition) is 5. The van der Waals surface area contributed by atoms with E-state index in [2.05, 4.69) is 15.3 Å². The van der Waals surface area contributed by atoms with E-state index in [1.807, 2.05) is 6.07 Å². The number of nitrogens with one attached hydrogen (secondary N) is 2. The molecule has 4 N–H and O–H groups in total. The molecule has 28 heavy (non-hydrogen) atoms. The van der Waals surface area contributed by atoms with E-state index in [0.29, 0.717) is 22.5 Å². The largest absolute Gasteiger partial charge is 0.507 e. The summed E-state index contributed by atoms with van der Waals surface area (Å²) in [6.45, 7) is 0. The number of para-hydroxylation sites is 1. The molecule has 2 heterocycles. The third kappa shape index (κ3) is 3.09. The summed E-state index contributed by atoms with van der Waals surface area (Å²) in [6.07, 6.45) is 3.34. The SMILES string of the molecule is COc1cc(-c2cnc3[nH]cc(NC(=O)c4ccccc4O)c3c2)ccc1O. The van der Waals surface area contributed by atoms with Gasteiger partial charge >= 0.3 is 0 Å². The van der Waals surface area contributed by atoms with Gasteiger partial charge in [0, 0.05) is 23.3 Å². The molecule has 0 aliphatic carbocycles. The predicted molar refractivity (Wildman–Crippen MR) is 106 cm³/mol. The fourth-order valence-electron chi connectivity index (χ4n) is 2.98. The molecule has 4 aromatic rings. The molecule has 4 rings (SSSR count). The van der Waals surface area contributed by atoms with E-state index >= 15 is 0 Å². The number of phenols is 2. The molecule has 0 spiro atoms. The summed E-state index contributed by atoms with van der Waals surface area (Å²) in [7, 11) is 1.49. The Hall–Kier alpha value is -4.00. The van der Waals surface area contributed by atoms with E-state index in [0.717, 1.165) is 11.1 Å². The molecule has 1 amide bonds. The first-order chi connectivity index (χ1) is 13.6. The number of methoxy groups -OCH3 is 1. The van der Waals surface area contributed by atoms with Crippen molar-refractivity contribution in [2.45, 2.75) is 0 Å². The number of carbonyl (C=O) groups is 1. The van der Waals surface area contributed by atoms with Gasteiger partial charge in [0.05, 0.1) is 18.4 Å². The van der Waals surface area contributed by atoms with Crippen molar-refractivity contribution in [3.63, 3.8) is 0 Å². The molecule has 140 valence electrons. The number of aromatic amines is 1. The van der Waals surface area contributed by atoms with Crippen LogP contribution in [0.4, 0.5) is 5.69 Å². The summed E-state index contributed by atoms with van der Waals surface area (Å²) in [5.41, 5.74) is 2.95. The molecule has 7 heteroatoms. The van der Waals surface area contributed by atoms with Crippen LogP contribution in [0.25, 0.3) is 22.2 Å². The summed E-state index contributed by atoms with van der Waals surface area (Å²) in [5.74, 6) is -0.0946. The molecule has 0 aliphatic heterocycles. The minimum absolute atomic E-state index is 0.0533. The molecule has 2 aromatic heterocycles. The summed E-state index contributed by atoms with van der Waals surface area (Å²) < 4.78 is 5.16. The van der Waals surface area contributed by atoms with Crippen LogP contribution in [-0.2, 0) is 0 Å². The smallest absolute Gasteiger partial charge is 0.259 e. The second-order valence-corrected chi connectivity index (χ2v) is 6.18. The topological polar surface area (TPSA) is 107 Å². The number of carbonyl (C=O) groups excluding carboxylic acids is 1. The van der Waals surface area contributed by atoms with E-state index in [1.165, 1.54) is 13.2 Å². The van der Waals surface area contributed by atoms with Crippen molar-refractivity contribution in [3.05, 3.63) is 66.5 Å². The van der Waals surface area contributed by atoms with Crippen LogP contribution in [-0.4, -0.2) is 33.2 Å². The van der Waals surface area contributed by atoms with Gasteiger partial charge in [-0.3, -0.25) is 4.79 Å². The third-order valence-electron chi connectivity index (χ3n) is 4.44. The van der Waals surface area contributed by atoms with Crippen LogP contribution in [0.1, 0.15) is 10.4 Å². The van der Waals surface area contributed by atoms with Gasteiger partial charge in [-0.15, -0.1) is 0 Å². The summed E-state index contributed by atoms with van der Waals surface area (Å²) in [6, 6.07) is 13.2. The van der Waals surface area contributed by atoms with Gasteiger partial charge in [0.1, 0.15) is 11.4 Å². The second-order valence-electron chi connectivity index (χ2n) is 6.18. The number of aromatic nitrogens is 2. The van der Waals surface area contributed by atoms with Crippen LogP contribution < -0.4 is 10.1 Å². The average Bonchev–Trinajstić information content (AvgIpc) is 3.10. The maximum Gasteiger partial charge on any atom is 0.259 e. The normalized spacial score (nSPS) is 10.8. The van der Waals surface area contributed by atoms with Crippen LogP contribution in [0.3, 0.4) is 0 Å². The maximum atomic E-state index is 12.5. The van der Waals surface area contributed by atoms with Crippen LogP contribution >= 0.6 is 0 Å². The van der Waals surface area contributed by atoms with Gasteiger partial charge < -0.3 is 25.3 Å². The number of phenolic OH excluding ortho intramolecular Hbond substituents is 2. The lowest BCUT2D eigenvalue weighted by Crippen LogP contribution is -2.11. The molecule has 0 aliphatic rings. The van der Waals surface area contributed by atoms with E-state index in [4.69, 9.17) is 4.74 Å². The number of aromatic hydroxyl groups is 2. The molecular weight excluding hydrogens is 358 g/mol. The first kappa shape index (κ1) is 17.4. The first-order valence-corrected chi connectivity index (χ1v) is 8.50. The molecule has 0 fully saturated rings. The van der Waals surface area contributed by atoms with Crippen molar-refractivity contribution in [1.82, 2.24) is 9.97 Å². The molecule has 0 unspecified atom stereocenters. The van der Waals surface area contributed by atoms with Gasteiger partial charge in [-0.25, -0.2) is 4.98 Å².